The zero-order chi connectivity index (χ0) is 14.4. The number of hydrogen-bond donors (Lipinski definition) is 0. The van der Waals surface area contributed by atoms with Crippen molar-refractivity contribution in [3.05, 3.63) is 22.7 Å². The minimum Gasteiger partial charge on any atom is -0.493 e. The molecule has 0 radical (unpaired) electrons. The summed E-state index contributed by atoms with van der Waals surface area (Å²) in [4.78, 5) is 12.0. The predicted octanol–water partition coefficient (Wildman–Crippen LogP) is 3.70. The van der Waals surface area contributed by atoms with Crippen LogP contribution < -0.4 is 9.47 Å². The number of hydrogen-bond acceptors (Lipinski definition) is 4. The highest BCUT2D eigenvalue weighted by molar-refractivity contribution is 6.32. The van der Waals surface area contributed by atoms with Crippen molar-refractivity contribution in [2.45, 2.75) is 33.8 Å². The van der Waals surface area contributed by atoms with E-state index in [1.54, 1.807) is 19.9 Å². The summed E-state index contributed by atoms with van der Waals surface area (Å²) < 4.78 is 16.0. The van der Waals surface area contributed by atoms with E-state index in [-0.39, 0.29) is 6.10 Å². The van der Waals surface area contributed by atoms with Crippen molar-refractivity contribution in [2.24, 2.45) is 0 Å². The lowest BCUT2D eigenvalue weighted by molar-refractivity contribution is 0.0373. The Morgan fingerprint density at radius 1 is 1.16 bits per heavy atom. The van der Waals surface area contributed by atoms with Crippen LogP contribution >= 0.6 is 11.6 Å². The Kier molecular flexibility index (Phi) is 5.96. The Balaban J connectivity index is 3.14. The summed E-state index contributed by atoms with van der Waals surface area (Å²) in [5.41, 5.74) is 0.309. The van der Waals surface area contributed by atoms with E-state index in [0.717, 1.165) is 0 Å². The van der Waals surface area contributed by atoms with E-state index in [4.69, 9.17) is 25.8 Å². The molecule has 1 aromatic rings. The summed E-state index contributed by atoms with van der Waals surface area (Å²) in [7, 11) is 0. The van der Waals surface area contributed by atoms with Crippen LogP contribution in [-0.4, -0.2) is 25.3 Å². The molecule has 0 aliphatic rings. The molecule has 0 bridgehead atoms. The highest BCUT2D eigenvalue weighted by Crippen LogP contribution is 2.33. The molecule has 0 spiro atoms. The molecular weight excluding hydrogens is 268 g/mol. The van der Waals surface area contributed by atoms with E-state index < -0.39 is 5.97 Å². The minimum atomic E-state index is -0.455. The van der Waals surface area contributed by atoms with Crippen LogP contribution in [0.5, 0.6) is 11.5 Å². The summed E-state index contributed by atoms with van der Waals surface area (Å²) in [6.45, 7) is 8.20. The molecule has 19 heavy (non-hydrogen) atoms. The molecule has 106 valence electrons. The molecule has 5 heteroatoms. The van der Waals surface area contributed by atoms with Gasteiger partial charge in [-0.05, 0) is 33.8 Å². The fraction of sp³-hybridized carbons (Fsp3) is 0.500. The molecule has 0 saturated heterocycles. The van der Waals surface area contributed by atoms with Crippen molar-refractivity contribution in [3.63, 3.8) is 0 Å². The maximum Gasteiger partial charge on any atom is 0.342 e. The molecule has 0 aliphatic carbocycles. The van der Waals surface area contributed by atoms with Crippen molar-refractivity contribution < 1.29 is 19.0 Å². The van der Waals surface area contributed by atoms with Gasteiger partial charge >= 0.3 is 5.97 Å². The maximum atomic E-state index is 12.0. The molecule has 0 aliphatic heterocycles. The van der Waals surface area contributed by atoms with Crippen LogP contribution in [0.3, 0.4) is 0 Å². The third-order valence-electron chi connectivity index (χ3n) is 2.20. The van der Waals surface area contributed by atoms with Crippen LogP contribution in [0.1, 0.15) is 38.1 Å². The molecule has 0 fully saturated rings. The van der Waals surface area contributed by atoms with E-state index in [0.29, 0.717) is 35.3 Å². The average molecular weight is 287 g/mol. The molecule has 1 aromatic carbocycles. The molecule has 1 rings (SSSR count). The van der Waals surface area contributed by atoms with Crippen molar-refractivity contribution in [1.29, 1.82) is 0 Å². The number of esters is 1. The quantitative estimate of drug-likeness (QED) is 0.748. The van der Waals surface area contributed by atoms with E-state index in [1.807, 2.05) is 13.8 Å². The van der Waals surface area contributed by atoms with E-state index in [9.17, 15) is 4.79 Å². The molecule has 0 heterocycles. The lowest BCUT2D eigenvalue weighted by Crippen LogP contribution is -2.13. The van der Waals surface area contributed by atoms with Crippen LogP contribution in [0.15, 0.2) is 12.1 Å². The first-order valence-corrected chi connectivity index (χ1v) is 6.67. The van der Waals surface area contributed by atoms with E-state index in [2.05, 4.69) is 0 Å². The Labute approximate surface area is 118 Å². The second kappa shape index (κ2) is 7.24. The van der Waals surface area contributed by atoms with Crippen LogP contribution in [0.2, 0.25) is 5.02 Å². The third-order valence-corrected chi connectivity index (χ3v) is 2.49. The fourth-order valence-corrected chi connectivity index (χ4v) is 1.73. The zero-order valence-electron chi connectivity index (χ0n) is 11.7. The summed E-state index contributed by atoms with van der Waals surface area (Å²) >= 11 is 6.07. The van der Waals surface area contributed by atoms with Gasteiger partial charge in [0.15, 0.2) is 0 Å². The van der Waals surface area contributed by atoms with Gasteiger partial charge < -0.3 is 14.2 Å². The van der Waals surface area contributed by atoms with Crippen LogP contribution in [0.25, 0.3) is 0 Å². The molecule has 4 nitrogen and oxygen atoms in total. The van der Waals surface area contributed by atoms with Gasteiger partial charge in [-0.2, -0.15) is 0 Å². The van der Waals surface area contributed by atoms with Gasteiger partial charge in [0, 0.05) is 6.07 Å². The number of carbonyl (C=O) groups excluding carboxylic acids is 1. The van der Waals surface area contributed by atoms with Gasteiger partial charge in [0.25, 0.3) is 0 Å². The van der Waals surface area contributed by atoms with E-state index >= 15 is 0 Å². The van der Waals surface area contributed by atoms with Gasteiger partial charge in [0.05, 0.1) is 24.3 Å². The van der Waals surface area contributed by atoms with Crippen molar-refractivity contribution >= 4 is 17.6 Å². The highest BCUT2D eigenvalue weighted by Gasteiger charge is 2.19. The normalized spacial score (nSPS) is 10.4. The van der Waals surface area contributed by atoms with Gasteiger partial charge in [-0.1, -0.05) is 11.6 Å². The number of ether oxygens (including phenoxy) is 3. The second-order valence-corrected chi connectivity index (χ2v) is 4.51. The van der Waals surface area contributed by atoms with E-state index in [1.165, 1.54) is 6.07 Å². The van der Waals surface area contributed by atoms with Gasteiger partial charge in [0.1, 0.15) is 17.1 Å². The first-order valence-electron chi connectivity index (χ1n) is 6.29. The first-order chi connectivity index (χ1) is 8.99. The van der Waals surface area contributed by atoms with Gasteiger partial charge in [-0.3, -0.25) is 0 Å². The molecule has 0 aromatic heterocycles. The number of benzene rings is 1. The molecule has 0 saturated carbocycles. The van der Waals surface area contributed by atoms with Gasteiger partial charge in [0.2, 0.25) is 0 Å². The van der Waals surface area contributed by atoms with Crippen LogP contribution in [0, 0.1) is 0 Å². The number of rotatable bonds is 6. The van der Waals surface area contributed by atoms with Crippen LogP contribution in [-0.2, 0) is 4.74 Å². The molecule has 0 unspecified atom stereocenters. The van der Waals surface area contributed by atoms with Crippen LogP contribution in [0.4, 0.5) is 0 Å². The summed E-state index contributed by atoms with van der Waals surface area (Å²) in [5.74, 6) is 0.457. The first kappa shape index (κ1) is 15.6. The second-order valence-electron chi connectivity index (χ2n) is 4.10. The SMILES string of the molecule is CCOc1cc(OCC)c(C(=O)OC(C)C)cc1Cl. The minimum absolute atomic E-state index is 0.202. The average Bonchev–Trinajstić information content (AvgIpc) is 2.32. The van der Waals surface area contributed by atoms with Gasteiger partial charge in [-0.15, -0.1) is 0 Å². The Bertz CT molecular complexity index is 443. The molecule has 0 amide bonds. The summed E-state index contributed by atoms with van der Waals surface area (Å²) in [6.07, 6.45) is -0.202. The molecule has 0 N–H and O–H groups in total. The summed E-state index contributed by atoms with van der Waals surface area (Å²) in [5, 5.41) is 0.362. The Morgan fingerprint density at radius 3 is 2.26 bits per heavy atom. The monoisotopic (exact) mass is 286 g/mol. The molecule has 0 atom stereocenters. The highest BCUT2D eigenvalue weighted by atomic mass is 35.5. The number of halogens is 1. The predicted molar refractivity (Wildman–Crippen MR) is 74.3 cm³/mol. The smallest absolute Gasteiger partial charge is 0.342 e. The standard InChI is InChI=1S/C14H19ClO4/c1-5-17-12-8-13(18-6-2)11(15)7-10(12)14(16)19-9(3)4/h7-9H,5-6H2,1-4H3. The topological polar surface area (TPSA) is 44.8 Å². The zero-order valence-corrected chi connectivity index (χ0v) is 12.4. The third kappa shape index (κ3) is 4.31. The van der Waals surface area contributed by atoms with Gasteiger partial charge in [-0.25, -0.2) is 4.79 Å². The lowest BCUT2D eigenvalue weighted by Gasteiger charge is -2.14. The largest absolute Gasteiger partial charge is 0.493 e. The summed E-state index contributed by atoms with van der Waals surface area (Å²) in [6, 6.07) is 3.13. The molecular formula is C14H19ClO4. The maximum absolute atomic E-state index is 12.0. The fourth-order valence-electron chi connectivity index (χ4n) is 1.51. The number of carbonyl (C=O) groups is 1. The Morgan fingerprint density at radius 2 is 1.74 bits per heavy atom. The van der Waals surface area contributed by atoms with Crippen molar-refractivity contribution in [2.75, 3.05) is 13.2 Å². The Hall–Kier alpha value is -1.42. The lowest BCUT2D eigenvalue weighted by atomic mass is 10.2. The van der Waals surface area contributed by atoms with Crippen molar-refractivity contribution in [3.8, 4) is 11.5 Å². The van der Waals surface area contributed by atoms with Crippen molar-refractivity contribution in [1.82, 2.24) is 0 Å².